The third-order valence-electron chi connectivity index (χ3n) is 5.05. The molecule has 1 saturated heterocycles. The minimum absolute atomic E-state index is 0.255. The summed E-state index contributed by atoms with van der Waals surface area (Å²) in [7, 11) is -1.86. The second-order valence-corrected chi connectivity index (χ2v) is 12.6. The summed E-state index contributed by atoms with van der Waals surface area (Å²) in [4.78, 5) is 2.45. The number of allylic oxidation sites excluding steroid dienone is 2. The van der Waals surface area contributed by atoms with Crippen LogP contribution in [-0.4, -0.2) is 25.8 Å². The Kier molecular flexibility index (Phi) is 6.03. The van der Waals surface area contributed by atoms with E-state index >= 15 is 0 Å². The van der Waals surface area contributed by atoms with Crippen molar-refractivity contribution in [1.82, 2.24) is 4.90 Å². The molecule has 1 aliphatic heterocycles. The molecule has 142 valence electrons. The molecule has 3 heteroatoms. The predicted molar refractivity (Wildman–Crippen MR) is 117 cm³/mol. The van der Waals surface area contributed by atoms with E-state index in [-0.39, 0.29) is 6.04 Å². The molecule has 0 aliphatic carbocycles. The Labute approximate surface area is 165 Å². The zero-order chi connectivity index (χ0) is 19.3. The van der Waals surface area contributed by atoms with Gasteiger partial charge in [-0.1, -0.05) is 73.3 Å². The van der Waals surface area contributed by atoms with E-state index in [1.54, 1.807) is 0 Å². The predicted octanol–water partition coefficient (Wildman–Crippen LogP) is 5.95. The summed E-state index contributed by atoms with van der Waals surface area (Å²) < 4.78 is 7.13. The minimum atomic E-state index is -1.86. The molecule has 1 aliphatic rings. The molecule has 2 nitrogen and oxygen atoms in total. The van der Waals surface area contributed by atoms with Crippen LogP contribution in [0.15, 0.2) is 85.6 Å². The fourth-order valence-electron chi connectivity index (χ4n) is 4.17. The summed E-state index contributed by atoms with van der Waals surface area (Å²) in [5, 5.41) is 0. The van der Waals surface area contributed by atoms with Gasteiger partial charge in [0.05, 0.1) is 6.04 Å². The number of likely N-dealkylation sites (tertiary alicyclic amines) is 1. The Hall–Kier alpha value is -2.10. The Morgan fingerprint density at radius 2 is 1.56 bits per heavy atom. The van der Waals surface area contributed by atoms with Crippen LogP contribution in [0.1, 0.15) is 24.0 Å². The van der Waals surface area contributed by atoms with E-state index in [0.29, 0.717) is 0 Å². The van der Waals surface area contributed by atoms with Gasteiger partial charge in [0.25, 0.3) is 0 Å². The molecule has 0 unspecified atom stereocenters. The zero-order valence-corrected chi connectivity index (χ0v) is 17.8. The van der Waals surface area contributed by atoms with Gasteiger partial charge in [-0.05, 0) is 55.9 Å². The SMILES string of the molecule is C=C/C=C/N1CCC[C@H]1C(O[Si](C)(C)C)(c1ccccc1)c1ccccc1. The third kappa shape index (κ3) is 4.25. The highest BCUT2D eigenvalue weighted by atomic mass is 28.4. The lowest BCUT2D eigenvalue weighted by atomic mass is 9.79. The quantitative estimate of drug-likeness (QED) is 0.437. The average molecular weight is 378 g/mol. The van der Waals surface area contributed by atoms with Crippen LogP contribution in [0.2, 0.25) is 19.6 Å². The van der Waals surface area contributed by atoms with Crippen molar-refractivity contribution in [1.29, 1.82) is 0 Å². The highest BCUT2D eigenvalue weighted by Gasteiger charge is 2.49. The van der Waals surface area contributed by atoms with Gasteiger partial charge in [-0.2, -0.15) is 0 Å². The normalized spacial score (nSPS) is 18.2. The third-order valence-corrected chi connectivity index (χ3v) is 5.98. The van der Waals surface area contributed by atoms with E-state index in [2.05, 4.69) is 98.0 Å². The van der Waals surface area contributed by atoms with E-state index in [4.69, 9.17) is 4.43 Å². The summed E-state index contributed by atoms with van der Waals surface area (Å²) >= 11 is 0. The Balaban J connectivity index is 2.23. The lowest BCUT2D eigenvalue weighted by molar-refractivity contribution is 0.0285. The number of hydrogen-bond acceptors (Lipinski definition) is 2. The van der Waals surface area contributed by atoms with E-state index in [9.17, 15) is 0 Å². The van der Waals surface area contributed by atoms with Gasteiger partial charge >= 0.3 is 0 Å². The molecule has 0 radical (unpaired) electrons. The first-order valence-corrected chi connectivity index (χ1v) is 13.2. The Morgan fingerprint density at radius 1 is 1.00 bits per heavy atom. The van der Waals surface area contributed by atoms with Crippen molar-refractivity contribution in [3.8, 4) is 0 Å². The molecule has 0 amide bonds. The monoisotopic (exact) mass is 377 g/mol. The molecule has 1 fully saturated rings. The van der Waals surface area contributed by atoms with Crippen LogP contribution in [0.3, 0.4) is 0 Å². The molecular formula is C24H31NOSi. The van der Waals surface area contributed by atoms with E-state index < -0.39 is 13.9 Å². The molecule has 0 N–H and O–H groups in total. The maximum atomic E-state index is 7.13. The summed E-state index contributed by atoms with van der Waals surface area (Å²) in [6, 6.07) is 21.8. The lowest BCUT2D eigenvalue weighted by Gasteiger charge is -2.47. The van der Waals surface area contributed by atoms with Crippen LogP contribution in [0.4, 0.5) is 0 Å². The molecule has 0 bridgehead atoms. The van der Waals surface area contributed by atoms with Crippen LogP contribution in [0.5, 0.6) is 0 Å². The van der Waals surface area contributed by atoms with Crippen LogP contribution >= 0.6 is 0 Å². The van der Waals surface area contributed by atoms with Gasteiger partial charge in [-0.25, -0.2) is 0 Å². The van der Waals surface area contributed by atoms with Crippen LogP contribution in [-0.2, 0) is 10.0 Å². The summed E-state index contributed by atoms with van der Waals surface area (Å²) in [5.74, 6) is 0. The Bertz CT molecular complexity index is 724. The topological polar surface area (TPSA) is 12.5 Å². The van der Waals surface area contributed by atoms with E-state index in [1.807, 2.05) is 12.2 Å². The van der Waals surface area contributed by atoms with Gasteiger partial charge in [0.2, 0.25) is 0 Å². The van der Waals surface area contributed by atoms with Crippen molar-refractivity contribution in [3.63, 3.8) is 0 Å². The maximum Gasteiger partial charge on any atom is 0.185 e. The van der Waals surface area contributed by atoms with E-state index in [0.717, 1.165) is 13.0 Å². The fourth-order valence-corrected chi connectivity index (χ4v) is 5.50. The molecule has 0 spiro atoms. The lowest BCUT2D eigenvalue weighted by Crippen LogP contribution is -2.53. The standard InChI is InChI=1S/C24H31NOSi/c1-5-6-19-25-20-13-18-23(25)24(26-27(2,3)4,21-14-9-7-10-15-21)22-16-11-8-12-17-22/h5-12,14-17,19,23H,1,13,18,20H2,2-4H3/b19-6+/t23-/m0/s1. The van der Waals surface area contributed by atoms with Gasteiger partial charge in [0.15, 0.2) is 8.32 Å². The molecule has 2 aromatic carbocycles. The van der Waals surface area contributed by atoms with Crippen LogP contribution < -0.4 is 0 Å². The van der Waals surface area contributed by atoms with Crippen molar-refractivity contribution >= 4 is 8.32 Å². The van der Waals surface area contributed by atoms with E-state index in [1.165, 1.54) is 17.5 Å². The first-order chi connectivity index (χ1) is 13.0. The van der Waals surface area contributed by atoms with Crippen molar-refractivity contribution in [3.05, 3.63) is 96.7 Å². The average Bonchev–Trinajstić information content (AvgIpc) is 3.14. The second-order valence-electron chi connectivity index (χ2n) is 8.16. The molecule has 2 aromatic rings. The van der Waals surface area contributed by atoms with Crippen LogP contribution in [0, 0.1) is 0 Å². The summed E-state index contributed by atoms with van der Waals surface area (Å²) in [5.41, 5.74) is 2.00. The van der Waals surface area contributed by atoms with Gasteiger partial charge in [0.1, 0.15) is 5.60 Å². The summed E-state index contributed by atoms with van der Waals surface area (Å²) in [6.45, 7) is 11.7. The minimum Gasteiger partial charge on any atom is -0.402 e. The molecule has 0 saturated carbocycles. The Morgan fingerprint density at radius 3 is 2.04 bits per heavy atom. The molecule has 1 atom stereocenters. The highest BCUT2D eigenvalue weighted by Crippen LogP contribution is 2.45. The number of rotatable bonds is 7. The molecular weight excluding hydrogens is 346 g/mol. The maximum absolute atomic E-state index is 7.13. The first-order valence-electron chi connectivity index (χ1n) is 9.83. The molecule has 1 heterocycles. The van der Waals surface area contributed by atoms with Crippen molar-refractivity contribution in [2.45, 2.75) is 44.1 Å². The van der Waals surface area contributed by atoms with Crippen molar-refractivity contribution in [2.75, 3.05) is 6.54 Å². The van der Waals surface area contributed by atoms with Gasteiger partial charge in [-0.15, -0.1) is 0 Å². The zero-order valence-electron chi connectivity index (χ0n) is 16.8. The van der Waals surface area contributed by atoms with Gasteiger partial charge in [-0.3, -0.25) is 0 Å². The highest BCUT2D eigenvalue weighted by molar-refractivity contribution is 6.69. The van der Waals surface area contributed by atoms with Crippen LogP contribution in [0.25, 0.3) is 0 Å². The van der Waals surface area contributed by atoms with Gasteiger partial charge in [0, 0.05) is 6.54 Å². The molecule has 0 aromatic heterocycles. The van der Waals surface area contributed by atoms with Crippen molar-refractivity contribution in [2.24, 2.45) is 0 Å². The number of nitrogens with zero attached hydrogens (tertiary/aromatic N) is 1. The largest absolute Gasteiger partial charge is 0.402 e. The molecule has 27 heavy (non-hydrogen) atoms. The summed E-state index contributed by atoms with van der Waals surface area (Å²) in [6.07, 6.45) is 8.34. The smallest absolute Gasteiger partial charge is 0.185 e. The second kappa shape index (κ2) is 8.28. The van der Waals surface area contributed by atoms with Crippen molar-refractivity contribution < 1.29 is 4.43 Å². The fraction of sp³-hybridized carbons (Fsp3) is 0.333. The number of benzene rings is 2. The molecule has 3 rings (SSSR count). The number of hydrogen-bond donors (Lipinski definition) is 0. The van der Waals surface area contributed by atoms with Gasteiger partial charge < -0.3 is 9.33 Å². The first kappa shape index (κ1) is 19.7.